The minimum absolute atomic E-state index is 0.168. The molecule has 0 N–H and O–H groups in total. The van der Waals surface area contributed by atoms with Gasteiger partial charge in [0.25, 0.3) is 0 Å². The molecule has 2 atom stereocenters. The quantitative estimate of drug-likeness (QED) is 0.320. The van der Waals surface area contributed by atoms with Gasteiger partial charge in [0.15, 0.2) is 0 Å². The van der Waals surface area contributed by atoms with E-state index in [1.54, 1.807) is 7.11 Å². The number of ether oxygens (including phenoxy) is 1. The van der Waals surface area contributed by atoms with Crippen molar-refractivity contribution in [1.82, 2.24) is 9.88 Å². The fourth-order valence-electron chi connectivity index (χ4n) is 5.64. The summed E-state index contributed by atoms with van der Waals surface area (Å²) in [7, 11) is 1.70. The Morgan fingerprint density at radius 2 is 1.61 bits per heavy atom. The van der Waals surface area contributed by atoms with E-state index in [-0.39, 0.29) is 18.0 Å². The van der Waals surface area contributed by atoms with Crippen LogP contribution in [0, 0.1) is 11.3 Å². The molecule has 1 aliphatic rings. The number of carbonyl (C=O) groups excluding carboxylic acids is 1. The van der Waals surface area contributed by atoms with Gasteiger partial charge in [0.05, 0.1) is 24.3 Å². The van der Waals surface area contributed by atoms with Crippen LogP contribution >= 0.6 is 0 Å². The molecular weight excluding hydrogens is 472 g/mol. The third kappa shape index (κ3) is 4.56. The highest BCUT2D eigenvalue weighted by molar-refractivity contribution is 6.00. The van der Waals surface area contributed by atoms with Crippen LogP contribution in [0.3, 0.4) is 0 Å². The first-order valence-electron chi connectivity index (χ1n) is 13.1. The number of amides is 1. The van der Waals surface area contributed by atoms with Gasteiger partial charge < -0.3 is 14.5 Å². The van der Waals surface area contributed by atoms with Crippen molar-refractivity contribution in [2.45, 2.75) is 39.3 Å². The summed E-state index contributed by atoms with van der Waals surface area (Å²) in [6.07, 6.45) is 2.42. The Morgan fingerprint density at radius 1 is 0.974 bits per heavy atom. The van der Waals surface area contributed by atoms with Crippen LogP contribution in [-0.2, 0) is 4.79 Å². The molecule has 0 saturated carbocycles. The van der Waals surface area contributed by atoms with E-state index in [0.29, 0.717) is 12.0 Å². The summed E-state index contributed by atoms with van der Waals surface area (Å²) in [4.78, 5) is 21.6. The number of rotatable bonds is 5. The number of nitriles is 1. The van der Waals surface area contributed by atoms with Crippen LogP contribution in [0.15, 0.2) is 72.9 Å². The van der Waals surface area contributed by atoms with Crippen molar-refractivity contribution in [1.29, 1.82) is 5.26 Å². The van der Waals surface area contributed by atoms with Crippen molar-refractivity contribution < 1.29 is 9.53 Å². The molecule has 6 heteroatoms. The molecule has 2 heterocycles. The van der Waals surface area contributed by atoms with Crippen molar-refractivity contribution >= 4 is 22.5 Å². The first kappa shape index (κ1) is 25.3. The van der Waals surface area contributed by atoms with Crippen molar-refractivity contribution in [2.24, 2.45) is 0 Å². The number of carbonyl (C=O) groups is 1. The molecule has 0 radical (unpaired) electrons. The summed E-state index contributed by atoms with van der Waals surface area (Å²) in [5.74, 6) is 1.01. The van der Waals surface area contributed by atoms with Crippen LogP contribution in [0.4, 0.5) is 5.69 Å². The third-order valence-corrected chi connectivity index (χ3v) is 7.43. The van der Waals surface area contributed by atoms with E-state index in [1.807, 2.05) is 60.5 Å². The zero-order chi connectivity index (χ0) is 26.8. The Kier molecular flexibility index (Phi) is 7.02. The number of nitrogens with zero attached hydrogens (tertiary/aromatic N) is 4. The number of hydrogen-bond acceptors (Lipinski definition) is 5. The Labute approximate surface area is 224 Å². The highest BCUT2D eigenvalue weighted by atomic mass is 16.5. The van der Waals surface area contributed by atoms with Crippen molar-refractivity contribution in [3.8, 4) is 34.1 Å². The van der Waals surface area contributed by atoms with Gasteiger partial charge >= 0.3 is 0 Å². The number of benzene rings is 3. The standard InChI is InChI=1S/C32H32N4O2/c1-5-30(37)36-21(2)19-35(20-22(36)3)26-15-13-25(14-16-26)29-18-34-31-27(7-6-8-28(31)32(29)38-4)24-11-9-23(17-33)10-12-24/h6-16,18,21-22H,5,19-20H2,1-4H3. The van der Waals surface area contributed by atoms with E-state index >= 15 is 0 Å². The number of pyridine rings is 1. The van der Waals surface area contributed by atoms with Crippen LogP contribution in [-0.4, -0.2) is 48.1 Å². The van der Waals surface area contributed by atoms with E-state index in [2.05, 4.69) is 49.1 Å². The van der Waals surface area contributed by atoms with Crippen molar-refractivity contribution in [3.05, 3.63) is 78.5 Å². The molecule has 1 aromatic heterocycles. The van der Waals surface area contributed by atoms with Crippen LogP contribution in [0.2, 0.25) is 0 Å². The Balaban J connectivity index is 1.45. The average Bonchev–Trinajstić information content (AvgIpc) is 2.95. The molecule has 0 spiro atoms. The monoisotopic (exact) mass is 504 g/mol. The number of fused-ring (bicyclic) bond motifs is 1. The number of aromatic nitrogens is 1. The molecule has 38 heavy (non-hydrogen) atoms. The van der Waals surface area contributed by atoms with Crippen LogP contribution < -0.4 is 9.64 Å². The van der Waals surface area contributed by atoms with Gasteiger partial charge in [-0.05, 0) is 55.3 Å². The lowest BCUT2D eigenvalue weighted by atomic mass is 9.97. The van der Waals surface area contributed by atoms with Gasteiger partial charge in [-0.25, -0.2) is 0 Å². The topological polar surface area (TPSA) is 69.5 Å². The van der Waals surface area contributed by atoms with Gasteiger partial charge in [-0.2, -0.15) is 5.26 Å². The Bertz CT molecular complexity index is 1490. The van der Waals surface area contributed by atoms with Gasteiger partial charge in [-0.3, -0.25) is 9.78 Å². The first-order valence-corrected chi connectivity index (χ1v) is 13.1. The molecule has 1 fully saturated rings. The number of methoxy groups -OCH3 is 1. The largest absolute Gasteiger partial charge is 0.495 e. The molecule has 0 aliphatic carbocycles. The van der Waals surface area contributed by atoms with E-state index < -0.39 is 0 Å². The fraction of sp³-hybridized carbons (Fsp3) is 0.281. The van der Waals surface area contributed by atoms with E-state index in [1.165, 1.54) is 0 Å². The van der Waals surface area contributed by atoms with E-state index in [0.717, 1.165) is 57.7 Å². The second-order valence-electron chi connectivity index (χ2n) is 9.90. The molecule has 6 nitrogen and oxygen atoms in total. The molecular formula is C32H32N4O2. The normalized spacial score (nSPS) is 17.3. The lowest BCUT2D eigenvalue weighted by molar-refractivity contribution is -0.135. The molecule has 1 aliphatic heterocycles. The van der Waals surface area contributed by atoms with E-state index in [4.69, 9.17) is 15.0 Å². The third-order valence-electron chi connectivity index (χ3n) is 7.43. The Morgan fingerprint density at radius 3 is 2.21 bits per heavy atom. The maximum atomic E-state index is 12.4. The second kappa shape index (κ2) is 10.5. The second-order valence-corrected chi connectivity index (χ2v) is 9.90. The van der Waals surface area contributed by atoms with Gasteiger partial charge in [0.2, 0.25) is 5.91 Å². The van der Waals surface area contributed by atoms with Crippen LogP contribution in [0.1, 0.15) is 32.8 Å². The molecule has 192 valence electrons. The van der Waals surface area contributed by atoms with Gasteiger partial charge in [0, 0.05) is 60.0 Å². The van der Waals surface area contributed by atoms with Gasteiger partial charge in [-0.1, -0.05) is 43.3 Å². The zero-order valence-electron chi connectivity index (χ0n) is 22.3. The summed E-state index contributed by atoms with van der Waals surface area (Å²) in [5.41, 5.74) is 6.60. The summed E-state index contributed by atoms with van der Waals surface area (Å²) in [6, 6.07) is 24.7. The van der Waals surface area contributed by atoms with Gasteiger partial charge in [-0.15, -0.1) is 0 Å². The Hall–Kier alpha value is -4.37. The zero-order valence-corrected chi connectivity index (χ0v) is 22.3. The maximum Gasteiger partial charge on any atom is 0.222 e. The van der Waals surface area contributed by atoms with Crippen LogP contribution in [0.5, 0.6) is 5.75 Å². The van der Waals surface area contributed by atoms with E-state index in [9.17, 15) is 4.79 Å². The van der Waals surface area contributed by atoms with Gasteiger partial charge in [0.1, 0.15) is 5.75 Å². The van der Waals surface area contributed by atoms with Crippen molar-refractivity contribution in [3.63, 3.8) is 0 Å². The minimum Gasteiger partial charge on any atom is -0.495 e. The molecule has 0 bridgehead atoms. The lowest BCUT2D eigenvalue weighted by Crippen LogP contribution is -2.58. The predicted octanol–water partition coefficient (Wildman–Crippen LogP) is 6.28. The first-order chi connectivity index (χ1) is 18.4. The van der Waals surface area contributed by atoms with Crippen LogP contribution in [0.25, 0.3) is 33.2 Å². The summed E-state index contributed by atoms with van der Waals surface area (Å²) in [5, 5.41) is 10.1. The summed E-state index contributed by atoms with van der Waals surface area (Å²) < 4.78 is 5.93. The highest BCUT2D eigenvalue weighted by Gasteiger charge is 2.32. The molecule has 5 rings (SSSR count). The number of hydrogen-bond donors (Lipinski definition) is 0. The smallest absolute Gasteiger partial charge is 0.222 e. The molecule has 4 aromatic rings. The number of piperazine rings is 1. The molecule has 2 unspecified atom stereocenters. The number of para-hydroxylation sites is 1. The fourth-order valence-corrected chi connectivity index (χ4v) is 5.64. The molecule has 1 amide bonds. The van der Waals surface area contributed by atoms with Crippen molar-refractivity contribution in [2.75, 3.05) is 25.1 Å². The summed E-state index contributed by atoms with van der Waals surface area (Å²) >= 11 is 0. The SMILES string of the molecule is CCC(=O)N1C(C)CN(c2ccc(-c3cnc4c(-c5ccc(C#N)cc5)cccc4c3OC)cc2)CC1C. The summed E-state index contributed by atoms with van der Waals surface area (Å²) in [6.45, 7) is 7.81. The maximum absolute atomic E-state index is 12.4. The lowest BCUT2D eigenvalue weighted by Gasteiger charge is -2.45. The average molecular weight is 505 g/mol. The molecule has 1 saturated heterocycles. The minimum atomic E-state index is 0.168. The predicted molar refractivity (Wildman–Crippen MR) is 152 cm³/mol. The highest BCUT2D eigenvalue weighted by Crippen LogP contribution is 2.39. The molecule has 3 aromatic carbocycles. The number of anilines is 1.